The van der Waals surface area contributed by atoms with E-state index in [-0.39, 0.29) is 12.1 Å². The van der Waals surface area contributed by atoms with Gasteiger partial charge in [0.2, 0.25) is 0 Å². The van der Waals surface area contributed by atoms with Gasteiger partial charge in [-0.1, -0.05) is 0 Å². The SMILES string of the molecule is COCCNC(=O)N(C)C1CCc2nnc(C)n2CC1. The third-order valence-corrected chi connectivity index (χ3v) is 3.85. The molecule has 1 aliphatic heterocycles. The Morgan fingerprint density at radius 2 is 2.30 bits per heavy atom. The maximum absolute atomic E-state index is 12.0. The van der Waals surface area contributed by atoms with Crippen molar-refractivity contribution in [1.29, 1.82) is 0 Å². The van der Waals surface area contributed by atoms with Gasteiger partial charge < -0.3 is 19.5 Å². The van der Waals surface area contributed by atoms with Crippen molar-refractivity contribution in [2.75, 3.05) is 27.3 Å². The smallest absolute Gasteiger partial charge is 0.317 e. The number of ether oxygens (including phenoxy) is 1. The first-order valence-corrected chi connectivity index (χ1v) is 7.01. The Bertz CT molecular complexity index is 460. The predicted octanol–water partition coefficient (Wildman–Crippen LogP) is 0.579. The van der Waals surface area contributed by atoms with Crippen molar-refractivity contribution in [2.24, 2.45) is 0 Å². The third kappa shape index (κ3) is 3.27. The first kappa shape index (κ1) is 14.8. The van der Waals surface area contributed by atoms with Crippen molar-refractivity contribution in [3.8, 4) is 0 Å². The minimum atomic E-state index is -0.0403. The van der Waals surface area contributed by atoms with E-state index in [0.29, 0.717) is 13.2 Å². The topological polar surface area (TPSA) is 72.3 Å². The summed E-state index contributed by atoms with van der Waals surface area (Å²) in [6.45, 7) is 3.91. The molecule has 7 nitrogen and oxygen atoms in total. The Morgan fingerprint density at radius 1 is 1.50 bits per heavy atom. The largest absolute Gasteiger partial charge is 0.383 e. The summed E-state index contributed by atoms with van der Waals surface area (Å²) >= 11 is 0. The van der Waals surface area contributed by atoms with Crippen LogP contribution in [0.2, 0.25) is 0 Å². The number of fused-ring (bicyclic) bond motifs is 1. The van der Waals surface area contributed by atoms with Gasteiger partial charge >= 0.3 is 6.03 Å². The van der Waals surface area contributed by atoms with Crippen LogP contribution in [0.5, 0.6) is 0 Å². The summed E-state index contributed by atoms with van der Waals surface area (Å²) in [5, 5.41) is 11.1. The van der Waals surface area contributed by atoms with Crippen LogP contribution in [-0.2, 0) is 17.7 Å². The van der Waals surface area contributed by atoms with Gasteiger partial charge in [0, 0.05) is 39.7 Å². The van der Waals surface area contributed by atoms with E-state index in [2.05, 4.69) is 20.1 Å². The van der Waals surface area contributed by atoms with Gasteiger partial charge in [0.25, 0.3) is 0 Å². The zero-order valence-electron chi connectivity index (χ0n) is 12.4. The monoisotopic (exact) mass is 281 g/mol. The van der Waals surface area contributed by atoms with Gasteiger partial charge in [0.15, 0.2) is 0 Å². The number of carbonyl (C=O) groups excluding carboxylic acids is 1. The summed E-state index contributed by atoms with van der Waals surface area (Å²) in [6, 6.07) is 0.195. The molecule has 1 aliphatic rings. The van der Waals surface area contributed by atoms with E-state index in [1.807, 2.05) is 14.0 Å². The lowest BCUT2D eigenvalue weighted by molar-refractivity contribution is 0.170. The van der Waals surface area contributed by atoms with Crippen LogP contribution in [0.25, 0.3) is 0 Å². The third-order valence-electron chi connectivity index (χ3n) is 3.85. The molecule has 2 rings (SSSR count). The summed E-state index contributed by atoms with van der Waals surface area (Å²) in [7, 11) is 3.48. The van der Waals surface area contributed by atoms with Crippen LogP contribution in [0.15, 0.2) is 0 Å². The minimum absolute atomic E-state index is 0.0403. The number of methoxy groups -OCH3 is 1. The number of nitrogens with zero attached hydrogens (tertiary/aromatic N) is 4. The van der Waals surface area contributed by atoms with Crippen molar-refractivity contribution < 1.29 is 9.53 Å². The Balaban J connectivity index is 1.89. The van der Waals surface area contributed by atoms with Crippen LogP contribution in [0, 0.1) is 6.92 Å². The second-order valence-electron chi connectivity index (χ2n) is 5.13. The Hall–Kier alpha value is -1.63. The number of carbonyl (C=O) groups is 1. The quantitative estimate of drug-likeness (QED) is 0.819. The highest BCUT2D eigenvalue weighted by molar-refractivity contribution is 5.74. The molecule has 1 atom stereocenters. The van der Waals surface area contributed by atoms with Crippen molar-refractivity contribution >= 4 is 6.03 Å². The number of hydrogen-bond donors (Lipinski definition) is 1. The second kappa shape index (κ2) is 6.69. The second-order valence-corrected chi connectivity index (χ2v) is 5.13. The molecule has 1 N–H and O–H groups in total. The van der Waals surface area contributed by atoms with E-state index in [9.17, 15) is 4.79 Å². The number of urea groups is 1. The highest BCUT2D eigenvalue weighted by Crippen LogP contribution is 2.18. The Morgan fingerprint density at radius 3 is 3.05 bits per heavy atom. The van der Waals surface area contributed by atoms with E-state index in [0.717, 1.165) is 37.5 Å². The zero-order valence-corrected chi connectivity index (χ0v) is 12.4. The van der Waals surface area contributed by atoms with Crippen molar-refractivity contribution in [3.05, 3.63) is 11.6 Å². The molecule has 1 unspecified atom stereocenters. The van der Waals surface area contributed by atoms with Gasteiger partial charge in [-0.25, -0.2) is 4.79 Å². The maximum atomic E-state index is 12.0. The minimum Gasteiger partial charge on any atom is -0.383 e. The van der Waals surface area contributed by atoms with Gasteiger partial charge in [-0.05, 0) is 19.8 Å². The number of nitrogens with one attached hydrogen (secondary N) is 1. The van der Waals surface area contributed by atoms with Gasteiger partial charge in [-0.3, -0.25) is 0 Å². The van der Waals surface area contributed by atoms with Crippen LogP contribution >= 0.6 is 0 Å². The number of aryl methyl sites for hydroxylation is 2. The van der Waals surface area contributed by atoms with Crippen molar-refractivity contribution in [3.63, 3.8) is 0 Å². The fourth-order valence-electron chi connectivity index (χ4n) is 2.56. The molecule has 1 aromatic heterocycles. The number of hydrogen-bond acceptors (Lipinski definition) is 4. The lowest BCUT2D eigenvalue weighted by Gasteiger charge is -2.27. The molecule has 0 fully saturated rings. The normalized spacial score (nSPS) is 18.2. The van der Waals surface area contributed by atoms with E-state index in [1.165, 1.54) is 0 Å². The highest BCUT2D eigenvalue weighted by Gasteiger charge is 2.24. The van der Waals surface area contributed by atoms with Crippen LogP contribution in [0.3, 0.4) is 0 Å². The van der Waals surface area contributed by atoms with Gasteiger partial charge in [0.1, 0.15) is 11.6 Å². The molecule has 2 amide bonds. The molecule has 112 valence electrons. The fourth-order valence-corrected chi connectivity index (χ4v) is 2.56. The van der Waals surface area contributed by atoms with Crippen LogP contribution in [-0.4, -0.2) is 59.0 Å². The molecule has 0 bridgehead atoms. The van der Waals surface area contributed by atoms with Crippen LogP contribution < -0.4 is 5.32 Å². The fraction of sp³-hybridized carbons (Fsp3) is 0.769. The van der Waals surface area contributed by atoms with Crippen molar-refractivity contribution in [2.45, 2.75) is 38.8 Å². The Labute approximate surface area is 119 Å². The zero-order chi connectivity index (χ0) is 14.5. The molecular formula is C13H23N5O2. The summed E-state index contributed by atoms with van der Waals surface area (Å²) in [6.07, 6.45) is 2.72. The van der Waals surface area contributed by atoms with E-state index in [4.69, 9.17) is 4.74 Å². The molecule has 0 aliphatic carbocycles. The van der Waals surface area contributed by atoms with Crippen LogP contribution in [0.1, 0.15) is 24.5 Å². The Kier molecular flexibility index (Phi) is 4.94. The summed E-state index contributed by atoms with van der Waals surface area (Å²) < 4.78 is 7.08. The number of rotatable bonds is 4. The molecule has 7 heteroatoms. The summed E-state index contributed by atoms with van der Waals surface area (Å²) in [5.41, 5.74) is 0. The first-order valence-electron chi connectivity index (χ1n) is 7.01. The molecule has 0 spiro atoms. The predicted molar refractivity (Wildman–Crippen MR) is 74.5 cm³/mol. The lowest BCUT2D eigenvalue weighted by Crippen LogP contribution is -2.44. The highest BCUT2D eigenvalue weighted by atomic mass is 16.5. The maximum Gasteiger partial charge on any atom is 0.317 e. The molecular weight excluding hydrogens is 258 g/mol. The lowest BCUT2D eigenvalue weighted by atomic mass is 10.1. The van der Waals surface area contributed by atoms with E-state index >= 15 is 0 Å². The average molecular weight is 281 g/mol. The summed E-state index contributed by atoms with van der Waals surface area (Å²) in [4.78, 5) is 13.8. The molecule has 0 saturated carbocycles. The molecule has 0 radical (unpaired) electrons. The molecule has 20 heavy (non-hydrogen) atoms. The van der Waals surface area contributed by atoms with Crippen molar-refractivity contribution in [1.82, 2.24) is 25.0 Å². The molecule has 0 aromatic carbocycles. The average Bonchev–Trinajstić information content (AvgIpc) is 2.67. The standard InChI is InChI=1S/C13H23N5O2/c1-10-15-16-12-5-4-11(6-8-18(10)12)17(2)13(19)14-7-9-20-3/h11H,4-9H2,1-3H3,(H,14,19). The van der Waals surface area contributed by atoms with Gasteiger partial charge in [-0.15, -0.1) is 10.2 Å². The molecule has 1 aromatic rings. The molecule has 2 heterocycles. The van der Waals surface area contributed by atoms with Gasteiger partial charge in [0.05, 0.1) is 6.61 Å². The van der Waals surface area contributed by atoms with E-state index in [1.54, 1.807) is 12.0 Å². The number of amides is 2. The van der Waals surface area contributed by atoms with Gasteiger partial charge in [-0.2, -0.15) is 0 Å². The van der Waals surface area contributed by atoms with E-state index < -0.39 is 0 Å². The van der Waals surface area contributed by atoms with Crippen LogP contribution in [0.4, 0.5) is 4.79 Å². The molecule has 0 saturated heterocycles. The summed E-state index contributed by atoms with van der Waals surface area (Å²) in [5.74, 6) is 1.98. The first-order chi connectivity index (χ1) is 9.63. The number of aromatic nitrogens is 3.